The standard InChI is InChI=1S/C24H18N4O2/c1-28-10-9-25-12-15-6-4-5-14(22(15)28)11-19(28)21-20(23(29)27-24(21)30)17-13-26-18-8-3-2-7-16(17)18/h2-13,19,22H,1H3,(H-,26,27,29,30)/p+1. The van der Waals surface area contributed by atoms with Gasteiger partial charge in [0.15, 0.2) is 0 Å². The second-order valence-electron chi connectivity index (χ2n) is 8.16. The molecule has 6 nitrogen and oxygen atoms in total. The van der Waals surface area contributed by atoms with Gasteiger partial charge >= 0.3 is 0 Å². The summed E-state index contributed by atoms with van der Waals surface area (Å²) in [5, 5.41) is 3.47. The van der Waals surface area contributed by atoms with Crippen molar-refractivity contribution in [1.29, 1.82) is 0 Å². The van der Waals surface area contributed by atoms with Gasteiger partial charge in [-0.25, -0.2) is 0 Å². The number of nitrogens with one attached hydrogen (secondary N) is 2. The second-order valence-corrected chi connectivity index (χ2v) is 8.16. The monoisotopic (exact) mass is 395 g/mol. The summed E-state index contributed by atoms with van der Waals surface area (Å²) in [5.74, 6) is -0.672. The molecule has 2 aromatic rings. The Kier molecular flexibility index (Phi) is 3.35. The van der Waals surface area contributed by atoms with Crippen molar-refractivity contribution in [2.24, 2.45) is 4.99 Å². The van der Waals surface area contributed by atoms with Crippen molar-refractivity contribution < 1.29 is 14.1 Å². The summed E-state index contributed by atoms with van der Waals surface area (Å²) in [5.41, 5.74) is 4.87. The molecule has 6 rings (SSSR count). The Hall–Kier alpha value is -3.77. The summed E-state index contributed by atoms with van der Waals surface area (Å²) in [7, 11) is 2.09. The van der Waals surface area contributed by atoms with Crippen LogP contribution in [-0.4, -0.2) is 46.6 Å². The zero-order chi connectivity index (χ0) is 20.5. The van der Waals surface area contributed by atoms with Gasteiger partial charge in [-0.1, -0.05) is 36.4 Å². The Bertz CT molecular complexity index is 1330. The summed E-state index contributed by atoms with van der Waals surface area (Å²) >= 11 is 0. The third-order valence-corrected chi connectivity index (χ3v) is 6.53. The molecular weight excluding hydrogens is 376 g/mol. The van der Waals surface area contributed by atoms with E-state index in [1.807, 2.05) is 49.0 Å². The van der Waals surface area contributed by atoms with Crippen molar-refractivity contribution in [3.63, 3.8) is 0 Å². The lowest BCUT2D eigenvalue weighted by molar-refractivity contribution is -0.880. The Balaban J connectivity index is 1.61. The van der Waals surface area contributed by atoms with Gasteiger partial charge in [0.25, 0.3) is 11.8 Å². The molecule has 0 bridgehead atoms. The zero-order valence-electron chi connectivity index (χ0n) is 16.3. The van der Waals surface area contributed by atoms with Crippen LogP contribution in [0.15, 0.2) is 88.9 Å². The number of likely N-dealkylation sites (N-methyl/N-ethyl adjacent to an activating group) is 1. The average molecular weight is 395 g/mol. The highest BCUT2D eigenvalue weighted by molar-refractivity contribution is 6.37. The highest BCUT2D eigenvalue weighted by atomic mass is 16.2. The molecule has 1 aliphatic carbocycles. The smallest absolute Gasteiger partial charge is 0.261 e. The number of H-pyrrole nitrogens is 1. The molecule has 4 heterocycles. The first-order valence-electron chi connectivity index (χ1n) is 9.91. The second kappa shape index (κ2) is 5.87. The maximum Gasteiger partial charge on any atom is 0.261 e. The van der Waals surface area contributed by atoms with Gasteiger partial charge in [0.1, 0.15) is 18.3 Å². The van der Waals surface area contributed by atoms with Gasteiger partial charge in [-0.3, -0.25) is 24.4 Å². The fraction of sp³-hybridized carbons (Fsp3) is 0.125. The van der Waals surface area contributed by atoms with E-state index < -0.39 is 0 Å². The minimum Gasteiger partial charge on any atom is -0.361 e. The number of quaternary nitrogens is 1. The van der Waals surface area contributed by atoms with Crippen molar-refractivity contribution in [2.75, 3.05) is 7.05 Å². The lowest BCUT2D eigenvalue weighted by Crippen LogP contribution is -2.53. The number of para-hydroxylation sites is 1. The van der Waals surface area contributed by atoms with Crippen molar-refractivity contribution in [3.8, 4) is 0 Å². The number of allylic oxidation sites excluding steroid dienone is 2. The van der Waals surface area contributed by atoms with Crippen molar-refractivity contribution in [3.05, 3.63) is 89.4 Å². The average Bonchev–Trinajstić information content (AvgIpc) is 3.33. The number of benzene rings is 1. The van der Waals surface area contributed by atoms with Crippen LogP contribution in [0.3, 0.4) is 0 Å². The van der Waals surface area contributed by atoms with Gasteiger partial charge in [-0.15, -0.1) is 0 Å². The van der Waals surface area contributed by atoms with Crippen molar-refractivity contribution in [2.45, 2.75) is 12.1 Å². The van der Waals surface area contributed by atoms with E-state index in [1.165, 1.54) is 0 Å². The Labute approximate surface area is 172 Å². The van der Waals surface area contributed by atoms with Gasteiger partial charge in [-0.05, 0) is 12.1 Å². The van der Waals surface area contributed by atoms with Gasteiger partial charge in [0.2, 0.25) is 0 Å². The van der Waals surface area contributed by atoms with E-state index in [-0.39, 0.29) is 23.9 Å². The highest BCUT2D eigenvalue weighted by Crippen LogP contribution is 2.44. The fourth-order valence-corrected chi connectivity index (χ4v) is 5.20. The minimum atomic E-state index is -0.346. The molecule has 0 radical (unpaired) electrons. The molecule has 3 atom stereocenters. The number of fused-ring (bicyclic) bond motifs is 1. The SMILES string of the molecule is C[N+]12C=CN=CC3=CC=CC(=CC1C1=C(c4c[nH]c5ccccc45)C(=O)NC1=O)C32. The first-order valence-corrected chi connectivity index (χ1v) is 9.91. The molecule has 146 valence electrons. The first-order chi connectivity index (χ1) is 14.6. The van der Waals surface area contributed by atoms with Crippen LogP contribution in [0.4, 0.5) is 0 Å². The molecule has 3 unspecified atom stereocenters. The van der Waals surface area contributed by atoms with Crippen LogP contribution in [0.2, 0.25) is 0 Å². The Morgan fingerprint density at radius 1 is 1.10 bits per heavy atom. The highest BCUT2D eigenvalue weighted by Gasteiger charge is 2.53. The van der Waals surface area contributed by atoms with Crippen molar-refractivity contribution in [1.82, 2.24) is 10.3 Å². The number of imide groups is 1. The normalized spacial score (nSPS) is 29.2. The molecule has 2 N–H and O–H groups in total. The number of rotatable bonds is 2. The summed E-state index contributed by atoms with van der Waals surface area (Å²) in [6, 6.07) is 7.55. The van der Waals surface area contributed by atoms with Crippen LogP contribution in [-0.2, 0) is 9.59 Å². The van der Waals surface area contributed by atoms with Gasteiger partial charge < -0.3 is 4.98 Å². The Morgan fingerprint density at radius 2 is 1.97 bits per heavy atom. The van der Waals surface area contributed by atoms with E-state index in [0.717, 1.165) is 27.6 Å². The first kappa shape index (κ1) is 17.1. The predicted molar refractivity (Wildman–Crippen MR) is 115 cm³/mol. The number of carbonyl (C=O) groups is 2. The molecule has 0 spiro atoms. The number of aromatic nitrogens is 1. The van der Waals surface area contributed by atoms with E-state index in [4.69, 9.17) is 0 Å². The summed E-state index contributed by atoms with van der Waals surface area (Å²) in [6.45, 7) is 0. The van der Waals surface area contributed by atoms with Crippen LogP contribution >= 0.6 is 0 Å². The molecule has 4 aliphatic rings. The van der Waals surface area contributed by atoms with Gasteiger partial charge in [-0.2, -0.15) is 0 Å². The molecule has 0 fully saturated rings. The number of amides is 2. The minimum absolute atomic E-state index is 0.0442. The number of aromatic amines is 1. The molecule has 30 heavy (non-hydrogen) atoms. The molecule has 0 saturated heterocycles. The largest absolute Gasteiger partial charge is 0.361 e. The maximum absolute atomic E-state index is 13.1. The van der Waals surface area contributed by atoms with E-state index in [9.17, 15) is 9.59 Å². The number of hydrogen-bond acceptors (Lipinski definition) is 3. The van der Waals surface area contributed by atoms with Gasteiger partial charge in [0, 0.05) is 40.0 Å². The van der Waals surface area contributed by atoms with Crippen LogP contribution in [0, 0.1) is 0 Å². The molecule has 0 saturated carbocycles. The van der Waals surface area contributed by atoms with Gasteiger partial charge in [0.05, 0.1) is 24.4 Å². The van der Waals surface area contributed by atoms with E-state index in [1.54, 1.807) is 6.20 Å². The predicted octanol–water partition coefficient (Wildman–Crippen LogP) is 2.75. The number of carbonyl (C=O) groups excluding carboxylic acids is 2. The van der Waals surface area contributed by atoms with Crippen LogP contribution in [0.25, 0.3) is 16.5 Å². The lowest BCUT2D eigenvalue weighted by Gasteiger charge is -2.39. The topological polar surface area (TPSA) is 74.3 Å². The van der Waals surface area contributed by atoms with E-state index in [2.05, 4.69) is 40.6 Å². The number of aliphatic imine (C=N–C) groups is 1. The Morgan fingerprint density at radius 3 is 2.87 bits per heavy atom. The molecule has 6 heteroatoms. The zero-order valence-corrected chi connectivity index (χ0v) is 16.3. The van der Waals surface area contributed by atoms with E-state index in [0.29, 0.717) is 15.6 Å². The maximum atomic E-state index is 13.1. The molecule has 2 amide bonds. The quantitative estimate of drug-likeness (QED) is 0.606. The van der Waals surface area contributed by atoms with Crippen LogP contribution in [0.5, 0.6) is 0 Å². The summed E-state index contributed by atoms with van der Waals surface area (Å²) in [6.07, 6.45) is 15.8. The van der Waals surface area contributed by atoms with Crippen molar-refractivity contribution >= 4 is 34.5 Å². The fourth-order valence-electron chi connectivity index (χ4n) is 5.20. The molecular formula is C24H19N4O2+. The molecule has 1 aromatic heterocycles. The summed E-state index contributed by atoms with van der Waals surface area (Å²) in [4.78, 5) is 33.6. The third-order valence-electron chi connectivity index (χ3n) is 6.53. The molecule has 3 aliphatic heterocycles. The summed E-state index contributed by atoms with van der Waals surface area (Å²) < 4.78 is 0.438. The number of nitrogens with zero attached hydrogens (tertiary/aromatic N) is 2. The van der Waals surface area contributed by atoms with Crippen LogP contribution < -0.4 is 5.32 Å². The van der Waals surface area contributed by atoms with Crippen LogP contribution in [0.1, 0.15) is 5.56 Å². The third kappa shape index (κ3) is 2.14. The molecule has 1 aromatic carbocycles. The number of hydrogen-bond donors (Lipinski definition) is 2. The lowest BCUT2D eigenvalue weighted by atomic mass is 9.94. The van der Waals surface area contributed by atoms with E-state index >= 15 is 0 Å².